The van der Waals surface area contributed by atoms with E-state index in [1.807, 2.05) is 0 Å². The summed E-state index contributed by atoms with van der Waals surface area (Å²) < 4.78 is 52.5. The van der Waals surface area contributed by atoms with Gasteiger partial charge in [-0.25, -0.2) is 13.2 Å². The lowest BCUT2D eigenvalue weighted by molar-refractivity contribution is 0.406. The summed E-state index contributed by atoms with van der Waals surface area (Å²) in [5.41, 5.74) is -0.633. The molecule has 19 heavy (non-hydrogen) atoms. The molecule has 1 N–H and O–H groups in total. The van der Waals surface area contributed by atoms with Gasteiger partial charge in [-0.05, 0) is 24.3 Å². The molecule has 2 aromatic rings. The van der Waals surface area contributed by atoms with Crippen molar-refractivity contribution in [3.05, 3.63) is 64.7 Å². The van der Waals surface area contributed by atoms with Crippen molar-refractivity contribution in [3.63, 3.8) is 0 Å². The van der Waals surface area contributed by atoms with Crippen molar-refractivity contribution >= 4 is 0 Å². The molecule has 0 aliphatic carbocycles. The van der Waals surface area contributed by atoms with Crippen LogP contribution in [0.3, 0.4) is 0 Å². The summed E-state index contributed by atoms with van der Waals surface area (Å²) >= 11 is 0. The van der Waals surface area contributed by atoms with Gasteiger partial charge in [0.1, 0.15) is 0 Å². The molecule has 5 heteroatoms. The molecule has 2 rings (SSSR count). The number of hydrogen-bond donors (Lipinski definition) is 1. The summed E-state index contributed by atoms with van der Waals surface area (Å²) in [5, 5.41) is 8.92. The average Bonchev–Trinajstić information content (AvgIpc) is 2.40. The van der Waals surface area contributed by atoms with Crippen LogP contribution in [-0.4, -0.2) is 5.11 Å². The normalized spacial score (nSPS) is 9.89. The molecule has 96 valence electrons. The summed E-state index contributed by atoms with van der Waals surface area (Å²) in [7, 11) is 0. The predicted octanol–water partition coefficient (Wildman–Crippen LogP) is 3.35. The van der Waals surface area contributed by atoms with Crippen LogP contribution in [0.25, 0.3) is 0 Å². The number of phenols is 1. The van der Waals surface area contributed by atoms with Crippen molar-refractivity contribution in [2.45, 2.75) is 0 Å². The Labute approximate surface area is 106 Å². The molecule has 0 unspecified atom stereocenters. The molecule has 0 bridgehead atoms. The van der Waals surface area contributed by atoms with E-state index in [9.17, 15) is 17.6 Å². The molecule has 0 atom stereocenters. The third-order valence-corrected chi connectivity index (χ3v) is 2.35. The molecule has 0 heterocycles. The number of aromatic hydroxyl groups is 1. The van der Waals surface area contributed by atoms with Gasteiger partial charge in [-0.2, -0.15) is 4.39 Å². The highest BCUT2D eigenvalue weighted by Crippen LogP contribution is 2.20. The van der Waals surface area contributed by atoms with Crippen LogP contribution in [0.15, 0.2) is 30.3 Å². The first-order chi connectivity index (χ1) is 9.00. The van der Waals surface area contributed by atoms with Gasteiger partial charge in [0.2, 0.25) is 5.82 Å². The number of rotatable bonds is 0. The number of hydrogen-bond acceptors (Lipinski definition) is 1. The second kappa shape index (κ2) is 5.02. The first-order valence-corrected chi connectivity index (χ1v) is 5.13. The molecule has 0 radical (unpaired) electrons. The standard InChI is InChI=1S/C14H6F4O/c15-10-3-1-2-8(12(10)16)4-5-9-6-7-11(19)14(18)13(9)17/h1-3,6-7,19H. The lowest BCUT2D eigenvalue weighted by Gasteiger charge is -1.99. The maximum absolute atomic E-state index is 13.3. The van der Waals surface area contributed by atoms with Gasteiger partial charge in [0.15, 0.2) is 23.2 Å². The number of benzene rings is 2. The molecule has 0 spiro atoms. The highest BCUT2D eigenvalue weighted by molar-refractivity contribution is 5.46. The largest absolute Gasteiger partial charge is 0.505 e. The van der Waals surface area contributed by atoms with E-state index in [2.05, 4.69) is 11.8 Å². The molecular formula is C14H6F4O. The van der Waals surface area contributed by atoms with Gasteiger partial charge in [-0.15, -0.1) is 0 Å². The van der Waals surface area contributed by atoms with Crippen LogP contribution < -0.4 is 0 Å². The van der Waals surface area contributed by atoms with Crippen molar-refractivity contribution in [2.75, 3.05) is 0 Å². The summed E-state index contributed by atoms with van der Waals surface area (Å²) in [6, 6.07) is 5.33. The van der Waals surface area contributed by atoms with E-state index in [0.717, 1.165) is 18.2 Å². The van der Waals surface area contributed by atoms with E-state index in [1.54, 1.807) is 0 Å². The van der Waals surface area contributed by atoms with Crippen molar-refractivity contribution in [2.24, 2.45) is 0 Å². The Morgan fingerprint density at radius 1 is 0.737 bits per heavy atom. The summed E-state index contributed by atoms with van der Waals surface area (Å²) in [4.78, 5) is 0. The number of phenolic OH excluding ortho intramolecular Hbond substituents is 1. The van der Waals surface area contributed by atoms with Gasteiger partial charge >= 0.3 is 0 Å². The Morgan fingerprint density at radius 3 is 2.05 bits per heavy atom. The molecule has 0 saturated heterocycles. The molecule has 0 saturated carbocycles. The minimum atomic E-state index is -1.44. The zero-order valence-electron chi connectivity index (χ0n) is 9.35. The third-order valence-electron chi connectivity index (χ3n) is 2.35. The van der Waals surface area contributed by atoms with E-state index >= 15 is 0 Å². The summed E-state index contributed by atoms with van der Waals surface area (Å²) in [6.45, 7) is 0. The predicted molar refractivity (Wildman–Crippen MR) is 60.4 cm³/mol. The Kier molecular flexibility index (Phi) is 3.43. The first kappa shape index (κ1) is 13.0. The van der Waals surface area contributed by atoms with Crippen LogP contribution >= 0.6 is 0 Å². The maximum Gasteiger partial charge on any atom is 0.201 e. The fourth-order valence-electron chi connectivity index (χ4n) is 1.37. The zero-order valence-corrected chi connectivity index (χ0v) is 9.35. The Hall–Kier alpha value is -2.48. The van der Waals surface area contributed by atoms with Crippen LogP contribution in [0.1, 0.15) is 11.1 Å². The highest BCUT2D eigenvalue weighted by atomic mass is 19.2. The van der Waals surface area contributed by atoms with Crippen LogP contribution in [0.5, 0.6) is 5.75 Å². The fraction of sp³-hybridized carbons (Fsp3) is 0. The van der Waals surface area contributed by atoms with Crippen LogP contribution in [0.2, 0.25) is 0 Å². The van der Waals surface area contributed by atoms with Crippen LogP contribution in [-0.2, 0) is 0 Å². The quantitative estimate of drug-likeness (QED) is 0.572. The fourth-order valence-corrected chi connectivity index (χ4v) is 1.37. The van der Waals surface area contributed by atoms with Crippen LogP contribution in [0, 0.1) is 35.1 Å². The maximum atomic E-state index is 13.3. The molecule has 1 nitrogen and oxygen atoms in total. The second-order valence-electron chi connectivity index (χ2n) is 3.61. The number of halogens is 4. The third kappa shape index (κ3) is 2.52. The molecule has 0 amide bonds. The minimum absolute atomic E-state index is 0.270. The lowest BCUT2D eigenvalue weighted by Crippen LogP contribution is -1.91. The summed E-state index contributed by atoms with van der Waals surface area (Å²) in [5.74, 6) is -1.48. The minimum Gasteiger partial charge on any atom is -0.505 e. The second-order valence-corrected chi connectivity index (χ2v) is 3.61. The van der Waals surface area contributed by atoms with E-state index in [4.69, 9.17) is 5.11 Å². The molecule has 0 aromatic heterocycles. The lowest BCUT2D eigenvalue weighted by atomic mass is 10.1. The zero-order chi connectivity index (χ0) is 14.0. The van der Waals surface area contributed by atoms with E-state index in [-0.39, 0.29) is 11.1 Å². The monoisotopic (exact) mass is 266 g/mol. The van der Waals surface area contributed by atoms with Crippen molar-refractivity contribution < 1.29 is 22.7 Å². The van der Waals surface area contributed by atoms with Gasteiger partial charge < -0.3 is 5.11 Å². The van der Waals surface area contributed by atoms with Gasteiger partial charge in [0, 0.05) is 0 Å². The highest BCUT2D eigenvalue weighted by Gasteiger charge is 2.11. The Balaban J connectivity index is 2.46. The van der Waals surface area contributed by atoms with Crippen molar-refractivity contribution in [3.8, 4) is 17.6 Å². The summed E-state index contributed by atoms with van der Waals surface area (Å²) in [6.07, 6.45) is 0. The Morgan fingerprint density at radius 2 is 1.37 bits per heavy atom. The van der Waals surface area contributed by atoms with Crippen molar-refractivity contribution in [1.82, 2.24) is 0 Å². The van der Waals surface area contributed by atoms with E-state index < -0.39 is 29.0 Å². The molecule has 0 fully saturated rings. The molecule has 2 aromatic carbocycles. The van der Waals surface area contributed by atoms with E-state index in [1.165, 1.54) is 12.1 Å². The van der Waals surface area contributed by atoms with Crippen LogP contribution in [0.4, 0.5) is 17.6 Å². The first-order valence-electron chi connectivity index (χ1n) is 5.13. The topological polar surface area (TPSA) is 20.2 Å². The smallest absolute Gasteiger partial charge is 0.201 e. The van der Waals surface area contributed by atoms with Gasteiger partial charge in [-0.1, -0.05) is 17.9 Å². The molecular weight excluding hydrogens is 260 g/mol. The Bertz CT molecular complexity index is 699. The van der Waals surface area contributed by atoms with Gasteiger partial charge in [-0.3, -0.25) is 0 Å². The van der Waals surface area contributed by atoms with Gasteiger partial charge in [0.05, 0.1) is 11.1 Å². The SMILES string of the molecule is Oc1ccc(C#Cc2cccc(F)c2F)c(F)c1F. The van der Waals surface area contributed by atoms with E-state index in [0.29, 0.717) is 0 Å². The molecule has 0 aliphatic heterocycles. The average molecular weight is 266 g/mol. The van der Waals surface area contributed by atoms with Crippen molar-refractivity contribution in [1.29, 1.82) is 0 Å². The van der Waals surface area contributed by atoms with Gasteiger partial charge in [0.25, 0.3) is 0 Å². The molecule has 0 aliphatic rings.